The quantitative estimate of drug-likeness (QED) is 0.799. The number of alkyl halides is 3. The van der Waals surface area contributed by atoms with E-state index >= 15 is 0 Å². The van der Waals surface area contributed by atoms with Crippen molar-refractivity contribution in [2.24, 2.45) is 0 Å². The van der Waals surface area contributed by atoms with Gasteiger partial charge in [0.2, 0.25) is 10.0 Å². The predicted molar refractivity (Wildman–Crippen MR) is 92.5 cm³/mol. The Labute approximate surface area is 155 Å². The van der Waals surface area contributed by atoms with Crippen molar-refractivity contribution in [2.45, 2.75) is 11.1 Å². The number of carbonyl (C=O) groups excluding carboxylic acids is 1. The lowest BCUT2D eigenvalue weighted by Gasteiger charge is -2.34. The van der Waals surface area contributed by atoms with Crippen LogP contribution >= 0.6 is 0 Å². The van der Waals surface area contributed by atoms with Gasteiger partial charge in [0.1, 0.15) is 0 Å². The first kappa shape index (κ1) is 19.4. The van der Waals surface area contributed by atoms with Crippen molar-refractivity contribution >= 4 is 15.9 Å². The Balaban J connectivity index is 1.77. The molecule has 0 aromatic heterocycles. The molecule has 0 unspecified atom stereocenters. The smallest absolute Gasteiger partial charge is 0.336 e. The zero-order chi connectivity index (χ0) is 19.7. The molecule has 0 atom stereocenters. The molecule has 144 valence electrons. The van der Waals surface area contributed by atoms with Crippen molar-refractivity contribution in [3.63, 3.8) is 0 Å². The number of piperazine rings is 1. The zero-order valence-electron chi connectivity index (χ0n) is 14.2. The summed E-state index contributed by atoms with van der Waals surface area (Å²) in [6.45, 7) is 0.0997. The summed E-state index contributed by atoms with van der Waals surface area (Å²) < 4.78 is 65.9. The van der Waals surface area contributed by atoms with E-state index in [1.807, 2.05) is 0 Å². The molecule has 0 bridgehead atoms. The minimum Gasteiger partial charge on any atom is -0.336 e. The highest BCUT2D eigenvalue weighted by atomic mass is 32.2. The van der Waals surface area contributed by atoms with Gasteiger partial charge in [-0.05, 0) is 24.3 Å². The summed E-state index contributed by atoms with van der Waals surface area (Å²) in [5.74, 6) is -0.233. The van der Waals surface area contributed by atoms with E-state index in [2.05, 4.69) is 0 Å². The Morgan fingerprint density at radius 1 is 0.852 bits per heavy atom. The number of sulfonamides is 1. The van der Waals surface area contributed by atoms with Gasteiger partial charge in [0.25, 0.3) is 5.91 Å². The van der Waals surface area contributed by atoms with Crippen molar-refractivity contribution in [1.82, 2.24) is 9.21 Å². The summed E-state index contributed by atoms with van der Waals surface area (Å²) in [5, 5.41) is 0. The fourth-order valence-electron chi connectivity index (χ4n) is 2.96. The number of rotatable bonds is 3. The second-order valence-corrected chi connectivity index (χ2v) is 7.96. The second kappa shape index (κ2) is 7.32. The summed E-state index contributed by atoms with van der Waals surface area (Å²) in [6, 6.07) is 12.7. The lowest BCUT2D eigenvalue weighted by Crippen LogP contribution is -2.50. The van der Waals surface area contributed by atoms with Crippen LogP contribution in [0, 0.1) is 0 Å². The molecule has 5 nitrogen and oxygen atoms in total. The van der Waals surface area contributed by atoms with Crippen molar-refractivity contribution in [3.05, 3.63) is 65.7 Å². The number of carbonyl (C=O) groups is 1. The molecule has 0 aliphatic carbocycles. The van der Waals surface area contributed by atoms with Gasteiger partial charge in [0.05, 0.1) is 10.5 Å². The van der Waals surface area contributed by atoms with Crippen LogP contribution < -0.4 is 0 Å². The average Bonchev–Trinajstić information content (AvgIpc) is 2.67. The van der Waals surface area contributed by atoms with E-state index in [0.29, 0.717) is 5.56 Å². The Morgan fingerprint density at radius 3 is 2.00 bits per heavy atom. The van der Waals surface area contributed by atoms with E-state index < -0.39 is 26.7 Å². The van der Waals surface area contributed by atoms with E-state index in [1.165, 1.54) is 11.0 Å². The van der Waals surface area contributed by atoms with E-state index in [1.54, 1.807) is 30.3 Å². The van der Waals surface area contributed by atoms with Crippen molar-refractivity contribution in [1.29, 1.82) is 0 Å². The van der Waals surface area contributed by atoms with Gasteiger partial charge in [0.15, 0.2) is 0 Å². The topological polar surface area (TPSA) is 57.7 Å². The number of hydrogen-bond acceptors (Lipinski definition) is 3. The molecule has 1 fully saturated rings. The SMILES string of the molecule is O=C(c1ccccc1)N1CCN(S(=O)(=O)c2ccccc2C(F)(F)F)CC1. The molecule has 0 N–H and O–H groups in total. The van der Waals surface area contributed by atoms with Crippen LogP contribution in [0.15, 0.2) is 59.5 Å². The van der Waals surface area contributed by atoms with Gasteiger partial charge in [-0.15, -0.1) is 0 Å². The van der Waals surface area contributed by atoms with Gasteiger partial charge in [-0.2, -0.15) is 17.5 Å². The molecule has 0 radical (unpaired) electrons. The molecule has 1 aliphatic rings. The highest BCUT2D eigenvalue weighted by Gasteiger charge is 2.39. The molecule has 1 saturated heterocycles. The molecule has 9 heteroatoms. The highest BCUT2D eigenvalue weighted by molar-refractivity contribution is 7.89. The van der Waals surface area contributed by atoms with Gasteiger partial charge in [-0.25, -0.2) is 8.42 Å². The van der Waals surface area contributed by atoms with Crippen molar-refractivity contribution < 1.29 is 26.4 Å². The lowest BCUT2D eigenvalue weighted by atomic mass is 10.2. The fourth-order valence-corrected chi connectivity index (χ4v) is 4.59. The molecule has 2 aromatic carbocycles. The molecule has 1 aliphatic heterocycles. The number of benzene rings is 2. The van der Waals surface area contributed by atoms with Crippen LogP contribution in [0.3, 0.4) is 0 Å². The zero-order valence-corrected chi connectivity index (χ0v) is 15.0. The van der Waals surface area contributed by atoms with E-state index in [4.69, 9.17) is 0 Å². The fraction of sp³-hybridized carbons (Fsp3) is 0.278. The maximum Gasteiger partial charge on any atom is 0.417 e. The molecule has 1 heterocycles. The largest absolute Gasteiger partial charge is 0.417 e. The average molecular weight is 398 g/mol. The van der Waals surface area contributed by atoms with Crippen LogP contribution in [-0.4, -0.2) is 49.7 Å². The first-order valence-electron chi connectivity index (χ1n) is 8.22. The van der Waals surface area contributed by atoms with E-state index in [-0.39, 0.29) is 32.1 Å². The second-order valence-electron chi connectivity index (χ2n) is 6.06. The van der Waals surface area contributed by atoms with Crippen LogP contribution in [0.5, 0.6) is 0 Å². The summed E-state index contributed by atoms with van der Waals surface area (Å²) >= 11 is 0. The molecule has 2 aromatic rings. The Kier molecular flexibility index (Phi) is 5.25. The summed E-state index contributed by atoms with van der Waals surface area (Å²) in [7, 11) is -4.31. The minimum atomic E-state index is -4.77. The Morgan fingerprint density at radius 2 is 1.41 bits per heavy atom. The molecular weight excluding hydrogens is 381 g/mol. The van der Waals surface area contributed by atoms with Gasteiger partial charge >= 0.3 is 6.18 Å². The van der Waals surface area contributed by atoms with Crippen LogP contribution in [0.25, 0.3) is 0 Å². The number of amides is 1. The van der Waals surface area contributed by atoms with Gasteiger partial charge in [-0.3, -0.25) is 4.79 Å². The number of hydrogen-bond donors (Lipinski definition) is 0. The standard InChI is InChI=1S/C18H17F3N2O3S/c19-18(20,21)15-8-4-5-9-16(15)27(25,26)23-12-10-22(11-13-23)17(24)14-6-2-1-3-7-14/h1-9H,10-13H2. The monoisotopic (exact) mass is 398 g/mol. The van der Waals surface area contributed by atoms with E-state index in [0.717, 1.165) is 22.5 Å². The third-order valence-electron chi connectivity index (χ3n) is 4.36. The summed E-state index contributed by atoms with van der Waals surface area (Å²) in [5.41, 5.74) is -0.705. The van der Waals surface area contributed by atoms with Crippen LogP contribution in [0.4, 0.5) is 13.2 Å². The van der Waals surface area contributed by atoms with Gasteiger partial charge in [-0.1, -0.05) is 30.3 Å². The highest BCUT2D eigenvalue weighted by Crippen LogP contribution is 2.35. The predicted octanol–water partition coefficient (Wildman–Crippen LogP) is 2.85. The lowest BCUT2D eigenvalue weighted by molar-refractivity contribution is -0.139. The Hall–Kier alpha value is -2.39. The van der Waals surface area contributed by atoms with Gasteiger partial charge < -0.3 is 4.90 Å². The third kappa shape index (κ3) is 3.98. The van der Waals surface area contributed by atoms with Crippen LogP contribution in [-0.2, 0) is 16.2 Å². The molecule has 1 amide bonds. The first-order chi connectivity index (χ1) is 12.7. The Bertz CT molecular complexity index is 922. The molecule has 3 rings (SSSR count). The van der Waals surface area contributed by atoms with E-state index in [9.17, 15) is 26.4 Å². The van der Waals surface area contributed by atoms with Gasteiger partial charge in [0, 0.05) is 31.7 Å². The molecule has 0 spiro atoms. The molecule has 27 heavy (non-hydrogen) atoms. The van der Waals surface area contributed by atoms with Crippen molar-refractivity contribution in [3.8, 4) is 0 Å². The summed E-state index contributed by atoms with van der Waals surface area (Å²) in [6.07, 6.45) is -4.77. The number of nitrogens with zero attached hydrogens (tertiary/aromatic N) is 2. The normalized spacial score (nSPS) is 16.3. The maximum atomic E-state index is 13.2. The first-order valence-corrected chi connectivity index (χ1v) is 9.66. The molecular formula is C18H17F3N2O3S. The maximum absolute atomic E-state index is 13.2. The van der Waals surface area contributed by atoms with Crippen LogP contribution in [0.2, 0.25) is 0 Å². The number of halogens is 3. The molecule has 0 saturated carbocycles. The third-order valence-corrected chi connectivity index (χ3v) is 6.31. The minimum absolute atomic E-state index is 0.0624. The van der Waals surface area contributed by atoms with Crippen molar-refractivity contribution in [2.75, 3.05) is 26.2 Å². The summed E-state index contributed by atoms with van der Waals surface area (Å²) in [4.78, 5) is 13.2. The van der Waals surface area contributed by atoms with Crippen LogP contribution in [0.1, 0.15) is 15.9 Å².